The van der Waals surface area contributed by atoms with Crippen LogP contribution < -0.4 is 10.2 Å². The van der Waals surface area contributed by atoms with Crippen LogP contribution in [0.15, 0.2) is 48.7 Å². The highest BCUT2D eigenvalue weighted by Crippen LogP contribution is 2.42. The van der Waals surface area contributed by atoms with Crippen LogP contribution in [0.1, 0.15) is 11.3 Å². The van der Waals surface area contributed by atoms with Gasteiger partial charge in [0.25, 0.3) is 5.91 Å². The van der Waals surface area contributed by atoms with Crippen molar-refractivity contribution in [3.05, 3.63) is 64.9 Å². The first-order valence-electron chi connectivity index (χ1n) is 10.0. The van der Waals surface area contributed by atoms with Gasteiger partial charge < -0.3 is 20.1 Å². The Morgan fingerprint density at radius 3 is 2.55 bits per heavy atom. The van der Waals surface area contributed by atoms with Crippen molar-refractivity contribution in [3.63, 3.8) is 0 Å². The summed E-state index contributed by atoms with van der Waals surface area (Å²) in [6.45, 7) is 3.20. The summed E-state index contributed by atoms with van der Waals surface area (Å²) in [5.74, 6) is -0.540. The lowest BCUT2D eigenvalue weighted by molar-refractivity contribution is -0.110. The first kappa shape index (κ1) is 19.7. The summed E-state index contributed by atoms with van der Waals surface area (Å²) in [4.78, 5) is 14.9. The second-order valence-electron chi connectivity index (χ2n) is 7.58. The van der Waals surface area contributed by atoms with Gasteiger partial charge in [-0.2, -0.15) is 5.10 Å². The lowest BCUT2D eigenvalue weighted by atomic mass is 9.98. The van der Waals surface area contributed by atoms with Gasteiger partial charge in [0.1, 0.15) is 5.69 Å². The van der Waals surface area contributed by atoms with Gasteiger partial charge in [0.15, 0.2) is 5.76 Å². The van der Waals surface area contributed by atoms with E-state index in [0.29, 0.717) is 22.0 Å². The van der Waals surface area contributed by atoms with Gasteiger partial charge in [-0.3, -0.25) is 9.48 Å². The Bertz CT molecular complexity index is 1190. The van der Waals surface area contributed by atoms with E-state index in [1.165, 1.54) is 0 Å². The van der Waals surface area contributed by atoms with E-state index in [4.69, 9.17) is 16.3 Å². The first-order valence-corrected chi connectivity index (χ1v) is 10.4. The van der Waals surface area contributed by atoms with Gasteiger partial charge in [0.05, 0.1) is 29.5 Å². The highest BCUT2D eigenvalue weighted by molar-refractivity contribution is 6.38. The van der Waals surface area contributed by atoms with Crippen LogP contribution in [0.4, 0.5) is 11.4 Å². The Labute approximate surface area is 184 Å². The number of hydrogen-bond donors (Lipinski definition) is 2. The van der Waals surface area contributed by atoms with E-state index in [-0.39, 0.29) is 17.2 Å². The Morgan fingerprint density at radius 2 is 1.87 bits per heavy atom. The molecule has 31 heavy (non-hydrogen) atoms. The number of halogens is 1. The van der Waals surface area contributed by atoms with Crippen LogP contribution in [0.2, 0.25) is 5.02 Å². The smallest absolute Gasteiger partial charge is 0.260 e. The summed E-state index contributed by atoms with van der Waals surface area (Å²) < 4.78 is 6.99. The average Bonchev–Trinajstić information content (AvgIpc) is 3.35. The molecule has 2 N–H and O–H groups in total. The van der Waals surface area contributed by atoms with Crippen LogP contribution in [-0.4, -0.2) is 47.1 Å². The third-order valence-electron chi connectivity index (χ3n) is 5.60. The minimum absolute atomic E-state index is 0.159. The molecule has 0 radical (unpaired) electrons. The quantitative estimate of drug-likeness (QED) is 0.480. The normalized spacial score (nSPS) is 17.5. The number of anilines is 2. The predicted molar refractivity (Wildman–Crippen MR) is 121 cm³/mol. The van der Waals surface area contributed by atoms with Crippen LogP contribution in [0, 0.1) is 0 Å². The molecule has 1 amide bonds. The summed E-state index contributed by atoms with van der Waals surface area (Å²) >= 11 is 6.55. The number of aryl methyl sites for hydroxylation is 1. The number of morpholine rings is 1. The molecule has 158 valence electrons. The van der Waals surface area contributed by atoms with Gasteiger partial charge in [-0.05, 0) is 35.9 Å². The van der Waals surface area contributed by atoms with Crippen molar-refractivity contribution < 1.29 is 14.6 Å². The molecule has 0 spiro atoms. The fourth-order valence-electron chi connectivity index (χ4n) is 3.99. The van der Waals surface area contributed by atoms with Crippen molar-refractivity contribution in [2.24, 2.45) is 7.05 Å². The molecule has 2 aliphatic heterocycles. The van der Waals surface area contributed by atoms with E-state index >= 15 is 0 Å². The van der Waals surface area contributed by atoms with Crippen LogP contribution in [0.25, 0.3) is 22.5 Å². The second kappa shape index (κ2) is 7.76. The van der Waals surface area contributed by atoms with Crippen LogP contribution >= 0.6 is 11.6 Å². The van der Waals surface area contributed by atoms with Crippen molar-refractivity contribution in [2.75, 3.05) is 36.5 Å². The van der Waals surface area contributed by atoms with Gasteiger partial charge in [0.2, 0.25) is 0 Å². The van der Waals surface area contributed by atoms with Gasteiger partial charge in [-0.15, -0.1) is 0 Å². The molecule has 0 atom stereocenters. The summed E-state index contributed by atoms with van der Waals surface area (Å²) in [7, 11) is 1.75. The number of aliphatic hydroxyl groups is 1. The Kier molecular flexibility index (Phi) is 4.92. The van der Waals surface area contributed by atoms with E-state index in [2.05, 4.69) is 27.4 Å². The van der Waals surface area contributed by atoms with E-state index in [0.717, 1.165) is 43.1 Å². The maximum atomic E-state index is 12.6. The molecular formula is C23H21ClN4O3. The first-order chi connectivity index (χ1) is 15.0. The van der Waals surface area contributed by atoms with E-state index < -0.39 is 0 Å². The van der Waals surface area contributed by atoms with E-state index in [9.17, 15) is 9.90 Å². The average molecular weight is 437 g/mol. The van der Waals surface area contributed by atoms with Crippen LogP contribution in [0.5, 0.6) is 0 Å². The molecule has 1 aromatic heterocycles. The lowest BCUT2D eigenvalue weighted by Crippen LogP contribution is -2.36. The highest BCUT2D eigenvalue weighted by atomic mass is 35.5. The molecule has 0 unspecified atom stereocenters. The maximum Gasteiger partial charge on any atom is 0.260 e. The molecule has 0 aliphatic carbocycles. The second-order valence-corrected chi connectivity index (χ2v) is 7.98. The van der Waals surface area contributed by atoms with Crippen molar-refractivity contribution in [2.45, 2.75) is 0 Å². The number of fused-ring (bicyclic) bond motifs is 1. The van der Waals surface area contributed by atoms with Crippen LogP contribution in [0.3, 0.4) is 0 Å². The SMILES string of the molecule is Cn1ccc(/C(O)=C2\C(=O)Nc3cc(Cl)c(-c4ccc(N5CCOCC5)cc4)cc32)n1. The molecule has 3 aromatic rings. The van der Waals surface area contributed by atoms with Crippen molar-refractivity contribution in [3.8, 4) is 11.1 Å². The van der Waals surface area contributed by atoms with Gasteiger partial charge in [-0.1, -0.05) is 23.7 Å². The zero-order chi connectivity index (χ0) is 21.5. The largest absolute Gasteiger partial charge is 0.505 e. The number of aromatic nitrogens is 2. The fraction of sp³-hybridized carbons (Fsp3) is 0.217. The summed E-state index contributed by atoms with van der Waals surface area (Å²) in [6.07, 6.45) is 1.71. The maximum absolute atomic E-state index is 12.6. The topological polar surface area (TPSA) is 79.6 Å². The minimum atomic E-state index is -0.381. The zero-order valence-electron chi connectivity index (χ0n) is 16.9. The molecule has 3 heterocycles. The zero-order valence-corrected chi connectivity index (χ0v) is 17.7. The number of ether oxygens (including phenoxy) is 1. The monoisotopic (exact) mass is 436 g/mol. The number of rotatable bonds is 3. The Morgan fingerprint density at radius 1 is 1.13 bits per heavy atom. The number of aliphatic hydroxyl groups excluding tert-OH is 1. The molecule has 0 bridgehead atoms. The van der Waals surface area contributed by atoms with Gasteiger partial charge in [-0.25, -0.2) is 0 Å². The standard InChI is InChI=1S/C23H21ClN4O3/c1-27-7-6-19(26-27)22(29)21-17-12-16(18(24)13-20(17)25-23(21)30)14-2-4-15(5-3-14)28-8-10-31-11-9-28/h2-7,12-13,29H,8-11H2,1H3,(H,25,30)/b22-21+. The molecule has 0 saturated carbocycles. The van der Waals surface area contributed by atoms with E-state index in [1.807, 2.05) is 18.2 Å². The number of carbonyl (C=O) groups is 1. The fourth-order valence-corrected chi connectivity index (χ4v) is 4.26. The number of nitrogens with one attached hydrogen (secondary N) is 1. The molecule has 7 nitrogen and oxygen atoms in total. The van der Waals surface area contributed by atoms with Crippen molar-refractivity contribution in [1.29, 1.82) is 0 Å². The van der Waals surface area contributed by atoms with Crippen molar-refractivity contribution >= 4 is 40.2 Å². The van der Waals surface area contributed by atoms with Crippen LogP contribution in [-0.2, 0) is 16.6 Å². The van der Waals surface area contributed by atoms with Crippen molar-refractivity contribution in [1.82, 2.24) is 9.78 Å². The molecule has 8 heteroatoms. The van der Waals surface area contributed by atoms with Gasteiger partial charge >= 0.3 is 0 Å². The predicted octanol–water partition coefficient (Wildman–Crippen LogP) is 3.96. The Hall–Kier alpha value is -3.29. The third kappa shape index (κ3) is 3.56. The molecular weight excluding hydrogens is 416 g/mol. The lowest BCUT2D eigenvalue weighted by Gasteiger charge is -2.29. The van der Waals surface area contributed by atoms with Gasteiger partial charge in [0, 0.05) is 43.1 Å². The molecule has 1 fully saturated rings. The molecule has 5 rings (SSSR count). The minimum Gasteiger partial charge on any atom is -0.505 e. The Balaban J connectivity index is 1.54. The summed E-state index contributed by atoms with van der Waals surface area (Å²) in [6, 6.07) is 13.4. The molecule has 1 saturated heterocycles. The number of carbonyl (C=O) groups excluding carboxylic acids is 1. The third-order valence-corrected chi connectivity index (χ3v) is 5.91. The number of hydrogen-bond acceptors (Lipinski definition) is 5. The summed E-state index contributed by atoms with van der Waals surface area (Å²) in [5.41, 5.74) is 4.56. The number of benzene rings is 2. The summed E-state index contributed by atoms with van der Waals surface area (Å²) in [5, 5.41) is 18.3. The number of nitrogens with zero attached hydrogens (tertiary/aromatic N) is 3. The molecule has 2 aliphatic rings. The van der Waals surface area contributed by atoms with E-state index in [1.54, 1.807) is 30.1 Å². The molecule has 2 aromatic carbocycles. The number of amides is 1. The highest BCUT2D eigenvalue weighted by Gasteiger charge is 2.30.